The van der Waals surface area contributed by atoms with Crippen molar-refractivity contribution in [2.75, 3.05) is 14.1 Å². The first-order valence-corrected chi connectivity index (χ1v) is 8.31. The lowest BCUT2D eigenvalue weighted by Crippen LogP contribution is -2.46. The average molecular weight is 333 g/mol. The molecule has 3 rings (SSSR count). The summed E-state index contributed by atoms with van der Waals surface area (Å²) in [7, 11) is 3.56. The smallest absolute Gasteiger partial charge is 0.252 e. The Morgan fingerprint density at radius 2 is 1.60 bits per heavy atom. The van der Waals surface area contributed by atoms with E-state index in [9.17, 15) is 4.79 Å². The number of amides is 1. The van der Waals surface area contributed by atoms with E-state index in [1.54, 1.807) is 25.3 Å². The van der Waals surface area contributed by atoms with Gasteiger partial charge in [0.25, 0.3) is 5.91 Å². The van der Waals surface area contributed by atoms with Gasteiger partial charge < -0.3 is 9.47 Å². The molecule has 0 spiro atoms. The van der Waals surface area contributed by atoms with Crippen LogP contribution < -0.4 is 0 Å². The van der Waals surface area contributed by atoms with Crippen LogP contribution in [0, 0.1) is 6.92 Å². The molecule has 0 aliphatic rings. The van der Waals surface area contributed by atoms with Gasteiger partial charge in [-0.25, -0.2) is 4.98 Å². The van der Waals surface area contributed by atoms with Crippen molar-refractivity contribution in [3.8, 4) is 11.1 Å². The van der Waals surface area contributed by atoms with Gasteiger partial charge in [0.15, 0.2) is 0 Å². The number of carbonyl (C=O) groups is 1. The highest BCUT2D eigenvalue weighted by Crippen LogP contribution is 2.30. The van der Waals surface area contributed by atoms with Crippen molar-refractivity contribution in [2.45, 2.75) is 19.4 Å². The average Bonchev–Trinajstić information content (AvgIpc) is 3.08. The molecule has 0 fully saturated rings. The van der Waals surface area contributed by atoms with Crippen LogP contribution in [0.25, 0.3) is 11.1 Å². The van der Waals surface area contributed by atoms with Crippen molar-refractivity contribution in [3.05, 3.63) is 78.4 Å². The predicted octanol–water partition coefficient (Wildman–Crippen LogP) is 3.71. The Hall–Kier alpha value is -2.88. The third kappa shape index (κ3) is 3.07. The molecule has 1 amide bonds. The minimum Gasteiger partial charge on any atom is -0.346 e. The fraction of sp³-hybridized carbons (Fsp3) is 0.238. The van der Waals surface area contributed by atoms with Crippen LogP contribution in [0.1, 0.15) is 18.2 Å². The Balaban J connectivity index is 2.07. The zero-order valence-corrected chi connectivity index (χ0v) is 15.1. The summed E-state index contributed by atoms with van der Waals surface area (Å²) in [5, 5.41) is 0. The fourth-order valence-electron chi connectivity index (χ4n) is 3.10. The molecule has 1 aromatic heterocycles. The van der Waals surface area contributed by atoms with Crippen LogP contribution in [0.2, 0.25) is 0 Å². The van der Waals surface area contributed by atoms with Gasteiger partial charge in [0, 0.05) is 20.3 Å². The minimum atomic E-state index is -0.833. The Bertz CT molecular complexity index is 866. The lowest BCUT2D eigenvalue weighted by molar-refractivity contribution is -0.135. The first-order chi connectivity index (χ1) is 11.9. The molecule has 0 saturated carbocycles. The molecule has 1 unspecified atom stereocenters. The van der Waals surface area contributed by atoms with Crippen molar-refractivity contribution in [2.24, 2.45) is 0 Å². The van der Waals surface area contributed by atoms with Crippen molar-refractivity contribution in [1.82, 2.24) is 14.5 Å². The second kappa shape index (κ2) is 6.55. The van der Waals surface area contributed by atoms with E-state index >= 15 is 0 Å². The molecule has 4 heteroatoms. The van der Waals surface area contributed by atoms with Crippen LogP contribution in [0.15, 0.2) is 67.1 Å². The molecular formula is C21H23N3O. The maximum Gasteiger partial charge on any atom is 0.252 e. The molecule has 3 aromatic rings. The van der Waals surface area contributed by atoms with E-state index in [0.29, 0.717) is 0 Å². The number of nitrogens with zero attached hydrogens (tertiary/aromatic N) is 3. The zero-order chi connectivity index (χ0) is 18.0. The molecule has 1 atom stereocenters. The Labute approximate surface area is 148 Å². The van der Waals surface area contributed by atoms with Gasteiger partial charge in [-0.1, -0.05) is 54.6 Å². The highest BCUT2D eigenvalue weighted by molar-refractivity contribution is 5.87. The van der Waals surface area contributed by atoms with Crippen LogP contribution in [0.4, 0.5) is 0 Å². The highest BCUT2D eigenvalue weighted by atomic mass is 16.2. The molecule has 0 saturated heterocycles. The monoisotopic (exact) mass is 333 g/mol. The maximum absolute atomic E-state index is 13.0. The summed E-state index contributed by atoms with van der Waals surface area (Å²) in [6.45, 7) is 3.86. The number of likely N-dealkylation sites (N-methyl/N-ethyl adjacent to an activating group) is 1. The topological polar surface area (TPSA) is 38.1 Å². The standard InChI is InChI=1S/C21H23N3O/c1-16-14-24(15-22-16)21(2,20(25)23(3)4)19-12-10-18(11-13-19)17-8-6-5-7-9-17/h5-15H,1-4H3. The number of imidazole rings is 1. The van der Waals surface area contributed by atoms with Gasteiger partial charge in [0.2, 0.25) is 0 Å². The number of hydrogen-bond acceptors (Lipinski definition) is 2. The molecule has 25 heavy (non-hydrogen) atoms. The Kier molecular flexibility index (Phi) is 4.45. The normalized spacial score (nSPS) is 13.3. The number of hydrogen-bond donors (Lipinski definition) is 0. The maximum atomic E-state index is 13.0. The summed E-state index contributed by atoms with van der Waals surface area (Å²) >= 11 is 0. The third-order valence-corrected chi connectivity index (χ3v) is 4.60. The van der Waals surface area contributed by atoms with Crippen LogP contribution in [-0.2, 0) is 10.3 Å². The van der Waals surface area contributed by atoms with E-state index in [1.165, 1.54) is 0 Å². The fourth-order valence-corrected chi connectivity index (χ4v) is 3.10. The quantitative estimate of drug-likeness (QED) is 0.730. The Morgan fingerprint density at radius 1 is 1.00 bits per heavy atom. The van der Waals surface area contributed by atoms with Crippen LogP contribution >= 0.6 is 0 Å². The highest BCUT2D eigenvalue weighted by Gasteiger charge is 2.38. The number of aromatic nitrogens is 2. The number of carbonyl (C=O) groups excluding carboxylic acids is 1. The van der Waals surface area contributed by atoms with Gasteiger partial charge in [-0.3, -0.25) is 4.79 Å². The number of benzene rings is 2. The zero-order valence-electron chi connectivity index (χ0n) is 15.1. The summed E-state index contributed by atoms with van der Waals surface area (Å²) in [5.41, 5.74) is 3.28. The number of aryl methyl sites for hydroxylation is 1. The van der Waals surface area contributed by atoms with E-state index in [-0.39, 0.29) is 5.91 Å². The molecule has 128 valence electrons. The van der Waals surface area contributed by atoms with Gasteiger partial charge in [0.05, 0.1) is 12.0 Å². The van der Waals surface area contributed by atoms with Crippen molar-refractivity contribution in [1.29, 1.82) is 0 Å². The SMILES string of the molecule is Cc1cn(C(C)(C(=O)N(C)C)c2ccc(-c3ccccc3)cc2)cn1. The van der Waals surface area contributed by atoms with E-state index < -0.39 is 5.54 Å². The van der Waals surface area contributed by atoms with E-state index in [1.807, 2.05) is 54.9 Å². The van der Waals surface area contributed by atoms with Crippen molar-refractivity contribution in [3.63, 3.8) is 0 Å². The lowest BCUT2D eigenvalue weighted by Gasteiger charge is -2.33. The predicted molar refractivity (Wildman–Crippen MR) is 100 cm³/mol. The first-order valence-electron chi connectivity index (χ1n) is 8.31. The summed E-state index contributed by atoms with van der Waals surface area (Å²) < 4.78 is 1.89. The molecule has 1 heterocycles. The molecule has 2 aromatic carbocycles. The molecular weight excluding hydrogens is 310 g/mol. The number of rotatable bonds is 4. The first kappa shape index (κ1) is 17.0. The van der Waals surface area contributed by atoms with E-state index in [4.69, 9.17) is 0 Å². The van der Waals surface area contributed by atoms with Gasteiger partial charge >= 0.3 is 0 Å². The second-order valence-electron chi connectivity index (χ2n) is 6.64. The van der Waals surface area contributed by atoms with Gasteiger partial charge in [-0.2, -0.15) is 0 Å². The van der Waals surface area contributed by atoms with Crippen molar-refractivity contribution >= 4 is 5.91 Å². The summed E-state index contributed by atoms with van der Waals surface area (Å²) in [4.78, 5) is 18.9. The molecule has 0 bridgehead atoms. The second-order valence-corrected chi connectivity index (χ2v) is 6.64. The van der Waals surface area contributed by atoms with Crippen molar-refractivity contribution < 1.29 is 4.79 Å². The summed E-state index contributed by atoms with van der Waals surface area (Å²) in [5.74, 6) is 0.0114. The minimum absolute atomic E-state index is 0.0114. The molecule has 0 N–H and O–H groups in total. The largest absolute Gasteiger partial charge is 0.346 e. The van der Waals surface area contributed by atoms with Gasteiger partial charge in [-0.15, -0.1) is 0 Å². The van der Waals surface area contributed by atoms with Gasteiger partial charge in [-0.05, 0) is 30.5 Å². The lowest BCUT2D eigenvalue weighted by atomic mass is 9.88. The van der Waals surface area contributed by atoms with E-state index in [0.717, 1.165) is 22.4 Å². The molecule has 0 aliphatic heterocycles. The molecule has 0 aliphatic carbocycles. The van der Waals surface area contributed by atoms with Crippen LogP contribution in [0.5, 0.6) is 0 Å². The van der Waals surface area contributed by atoms with Gasteiger partial charge in [0.1, 0.15) is 5.54 Å². The van der Waals surface area contributed by atoms with E-state index in [2.05, 4.69) is 29.2 Å². The summed E-state index contributed by atoms with van der Waals surface area (Å²) in [6, 6.07) is 18.4. The molecule has 0 radical (unpaired) electrons. The third-order valence-electron chi connectivity index (χ3n) is 4.60. The molecule has 4 nitrogen and oxygen atoms in total. The van der Waals surface area contributed by atoms with Crippen LogP contribution in [0.3, 0.4) is 0 Å². The summed E-state index contributed by atoms with van der Waals surface area (Å²) in [6.07, 6.45) is 3.63. The Morgan fingerprint density at radius 3 is 2.12 bits per heavy atom. The van der Waals surface area contributed by atoms with Crippen LogP contribution in [-0.4, -0.2) is 34.5 Å².